The molecular formula is C30H29NO7S3. The zero-order valence-corrected chi connectivity index (χ0v) is 26.1. The SMILES string of the molecule is COC(=O)C1=C(C(=O)OC)SC(=C2C(=S)C(C)(C)N(C(=O)/C=C/c3ccc(OC)c(OC)c3)c3ccc(C)cc32)S1. The summed E-state index contributed by atoms with van der Waals surface area (Å²) in [6.07, 6.45) is 3.21. The number of rotatable bonds is 6. The summed E-state index contributed by atoms with van der Waals surface area (Å²) in [5.41, 5.74) is 2.86. The van der Waals surface area contributed by atoms with E-state index in [4.69, 9.17) is 31.2 Å². The maximum absolute atomic E-state index is 13.8. The van der Waals surface area contributed by atoms with Crippen LogP contribution in [0, 0.1) is 6.92 Å². The van der Waals surface area contributed by atoms with Crippen LogP contribution in [-0.4, -0.2) is 56.7 Å². The number of thiocarbonyl (C=S) groups is 1. The molecule has 11 heteroatoms. The minimum absolute atomic E-state index is 0.137. The Morgan fingerprint density at radius 3 is 2.05 bits per heavy atom. The van der Waals surface area contributed by atoms with Crippen LogP contribution >= 0.6 is 35.7 Å². The van der Waals surface area contributed by atoms with Crippen LogP contribution in [-0.2, 0) is 23.9 Å². The Hall–Kier alpha value is -3.54. The number of carbonyl (C=O) groups is 3. The van der Waals surface area contributed by atoms with Crippen molar-refractivity contribution in [3.63, 3.8) is 0 Å². The summed E-state index contributed by atoms with van der Waals surface area (Å²) in [6, 6.07) is 11.2. The molecule has 0 bridgehead atoms. The monoisotopic (exact) mass is 611 g/mol. The fraction of sp³-hybridized carbons (Fsp3) is 0.267. The molecule has 2 aromatic rings. The molecule has 214 valence electrons. The van der Waals surface area contributed by atoms with Crippen molar-refractivity contribution in [1.82, 2.24) is 0 Å². The van der Waals surface area contributed by atoms with Crippen LogP contribution in [0.4, 0.5) is 5.69 Å². The number of carbonyl (C=O) groups excluding carboxylic acids is 3. The lowest BCUT2D eigenvalue weighted by molar-refractivity contribution is -0.138. The lowest BCUT2D eigenvalue weighted by Crippen LogP contribution is -2.55. The smallest absolute Gasteiger partial charge is 0.346 e. The number of amides is 1. The van der Waals surface area contributed by atoms with Gasteiger partial charge in [-0.25, -0.2) is 9.59 Å². The van der Waals surface area contributed by atoms with Gasteiger partial charge >= 0.3 is 11.9 Å². The highest BCUT2D eigenvalue weighted by atomic mass is 32.2. The second kappa shape index (κ2) is 12.1. The van der Waals surface area contributed by atoms with Gasteiger partial charge in [0.1, 0.15) is 9.81 Å². The third-order valence-electron chi connectivity index (χ3n) is 6.59. The third-order valence-corrected chi connectivity index (χ3v) is 9.85. The van der Waals surface area contributed by atoms with Crippen LogP contribution in [0.25, 0.3) is 11.6 Å². The fourth-order valence-corrected chi connectivity index (χ4v) is 7.56. The first-order valence-corrected chi connectivity index (χ1v) is 14.4. The van der Waals surface area contributed by atoms with Crippen molar-refractivity contribution in [3.05, 3.63) is 73.2 Å². The average Bonchev–Trinajstić information content (AvgIpc) is 3.40. The zero-order chi connectivity index (χ0) is 30.1. The summed E-state index contributed by atoms with van der Waals surface area (Å²) in [7, 11) is 5.63. The van der Waals surface area contributed by atoms with Gasteiger partial charge in [0.2, 0.25) is 0 Å². The Bertz CT molecular complexity index is 1530. The third kappa shape index (κ3) is 5.66. The highest BCUT2D eigenvalue weighted by Gasteiger charge is 2.45. The molecule has 0 N–H and O–H groups in total. The van der Waals surface area contributed by atoms with Gasteiger partial charge in [-0.15, -0.1) is 0 Å². The molecule has 0 radical (unpaired) electrons. The molecule has 0 atom stereocenters. The van der Waals surface area contributed by atoms with Crippen LogP contribution in [0.2, 0.25) is 0 Å². The number of fused-ring (bicyclic) bond motifs is 1. The van der Waals surface area contributed by atoms with Crippen LogP contribution in [0.3, 0.4) is 0 Å². The molecule has 8 nitrogen and oxygen atoms in total. The van der Waals surface area contributed by atoms with Crippen LogP contribution in [0.15, 0.2) is 56.5 Å². The minimum atomic E-state index is -0.931. The molecule has 2 aliphatic rings. The topological polar surface area (TPSA) is 91.4 Å². The molecule has 0 spiro atoms. The molecule has 0 aromatic heterocycles. The van der Waals surface area contributed by atoms with Gasteiger partial charge in [0.05, 0.1) is 48.8 Å². The maximum Gasteiger partial charge on any atom is 0.346 e. The van der Waals surface area contributed by atoms with E-state index in [0.29, 0.717) is 31.9 Å². The van der Waals surface area contributed by atoms with Gasteiger partial charge < -0.3 is 18.9 Å². The number of hydrogen-bond acceptors (Lipinski definition) is 10. The van der Waals surface area contributed by atoms with E-state index in [9.17, 15) is 14.4 Å². The van der Waals surface area contributed by atoms with Crippen LogP contribution in [0.1, 0.15) is 30.5 Å². The normalized spacial score (nSPS) is 16.2. The molecule has 0 saturated heterocycles. The highest BCUT2D eigenvalue weighted by Crippen LogP contribution is 2.56. The van der Waals surface area contributed by atoms with Crippen LogP contribution < -0.4 is 14.4 Å². The van der Waals surface area contributed by atoms with E-state index in [1.54, 1.807) is 37.3 Å². The molecule has 41 heavy (non-hydrogen) atoms. The molecule has 2 heterocycles. The number of aryl methyl sites for hydroxylation is 1. The molecule has 2 aliphatic heterocycles. The predicted molar refractivity (Wildman–Crippen MR) is 167 cm³/mol. The summed E-state index contributed by atoms with van der Waals surface area (Å²) in [6.45, 7) is 5.70. The summed E-state index contributed by atoms with van der Waals surface area (Å²) < 4.78 is 21.2. The first kappa shape index (κ1) is 30.4. The fourth-order valence-electron chi connectivity index (χ4n) is 4.53. The predicted octanol–water partition coefficient (Wildman–Crippen LogP) is 5.93. The number of methoxy groups -OCH3 is 4. The summed E-state index contributed by atoms with van der Waals surface area (Å²) >= 11 is 8.27. The van der Waals surface area contributed by atoms with Crippen molar-refractivity contribution >= 4 is 75.8 Å². The van der Waals surface area contributed by atoms with Crippen molar-refractivity contribution in [2.75, 3.05) is 33.3 Å². The standard InChI is InChI=1S/C30H29NO7S3/c1-16-8-11-19-18(14-16)23(29-40-24(27(33)37-6)25(41-29)28(34)38-7)26(39)30(2,3)31(19)22(32)13-10-17-9-12-20(35-4)21(15-17)36-5/h8-15H,1-7H3/b13-10+. The Labute approximate surface area is 252 Å². The minimum Gasteiger partial charge on any atom is -0.493 e. The van der Waals surface area contributed by atoms with Gasteiger partial charge in [-0.1, -0.05) is 53.4 Å². The largest absolute Gasteiger partial charge is 0.493 e. The summed E-state index contributed by atoms with van der Waals surface area (Å²) in [5.74, 6) is -0.401. The average molecular weight is 612 g/mol. The lowest BCUT2D eigenvalue weighted by Gasteiger charge is -2.45. The molecule has 0 aliphatic carbocycles. The second-order valence-electron chi connectivity index (χ2n) is 9.54. The van der Waals surface area contributed by atoms with Gasteiger partial charge in [0.15, 0.2) is 11.5 Å². The van der Waals surface area contributed by atoms with Gasteiger partial charge in [-0.2, -0.15) is 0 Å². The molecular weight excluding hydrogens is 583 g/mol. The molecule has 0 fully saturated rings. The van der Waals surface area contributed by atoms with Gasteiger partial charge in [0, 0.05) is 17.2 Å². The van der Waals surface area contributed by atoms with Crippen molar-refractivity contribution in [1.29, 1.82) is 0 Å². The number of benzene rings is 2. The van der Waals surface area contributed by atoms with Crippen LogP contribution in [0.5, 0.6) is 11.5 Å². The Morgan fingerprint density at radius 2 is 1.49 bits per heavy atom. The number of thioether (sulfide) groups is 2. The Morgan fingerprint density at radius 1 is 0.878 bits per heavy atom. The lowest BCUT2D eigenvalue weighted by atomic mass is 9.82. The van der Waals surface area contributed by atoms with E-state index < -0.39 is 17.5 Å². The summed E-state index contributed by atoms with van der Waals surface area (Å²) in [5, 5.41) is 0. The quantitative estimate of drug-likeness (QED) is 0.223. The summed E-state index contributed by atoms with van der Waals surface area (Å²) in [4.78, 5) is 41.3. The van der Waals surface area contributed by atoms with Crippen molar-refractivity contribution in [3.8, 4) is 11.5 Å². The van der Waals surface area contributed by atoms with Gasteiger partial charge in [-0.05, 0) is 56.7 Å². The number of hydrogen-bond donors (Lipinski definition) is 0. The van der Waals surface area contributed by atoms with E-state index in [2.05, 4.69) is 0 Å². The zero-order valence-electron chi connectivity index (χ0n) is 23.6. The molecule has 0 saturated carbocycles. The number of ether oxygens (including phenoxy) is 4. The van der Waals surface area contributed by atoms with E-state index in [0.717, 1.165) is 40.2 Å². The first-order chi connectivity index (χ1) is 19.5. The van der Waals surface area contributed by atoms with E-state index in [-0.39, 0.29) is 15.7 Å². The Balaban J connectivity index is 1.80. The van der Waals surface area contributed by atoms with Crippen molar-refractivity contribution in [2.45, 2.75) is 26.3 Å². The molecule has 1 amide bonds. The maximum atomic E-state index is 13.8. The number of anilines is 1. The first-order valence-electron chi connectivity index (χ1n) is 12.4. The van der Waals surface area contributed by atoms with E-state index >= 15 is 0 Å². The molecule has 0 unspecified atom stereocenters. The van der Waals surface area contributed by atoms with Crippen molar-refractivity contribution < 1.29 is 33.3 Å². The highest BCUT2D eigenvalue weighted by molar-refractivity contribution is 8.29. The number of nitrogens with zero attached hydrogens (tertiary/aromatic N) is 1. The second-order valence-corrected chi connectivity index (χ2v) is 12.2. The number of esters is 2. The molecule has 4 rings (SSSR count). The van der Waals surface area contributed by atoms with E-state index in [1.165, 1.54) is 20.3 Å². The Kier molecular flexibility index (Phi) is 9.00. The van der Waals surface area contributed by atoms with Gasteiger partial charge in [0.25, 0.3) is 5.91 Å². The van der Waals surface area contributed by atoms with Crippen molar-refractivity contribution in [2.24, 2.45) is 0 Å². The van der Waals surface area contributed by atoms with Gasteiger partial charge in [-0.3, -0.25) is 9.69 Å². The van der Waals surface area contributed by atoms with E-state index in [1.807, 2.05) is 45.0 Å². The molecule has 2 aromatic carbocycles.